The van der Waals surface area contributed by atoms with Gasteiger partial charge in [0.05, 0.1) is 0 Å². The van der Waals surface area contributed by atoms with Crippen LogP contribution in [0.3, 0.4) is 0 Å². The number of nitrogens with two attached hydrogens (primary N) is 1. The first-order chi connectivity index (χ1) is 7.20. The number of hydrogen-bond acceptors (Lipinski definition) is 3. The van der Waals surface area contributed by atoms with Crippen LogP contribution < -0.4 is 11.1 Å². The molecule has 1 atom stereocenters. The summed E-state index contributed by atoms with van der Waals surface area (Å²) in [6.45, 7) is 7.88. The Kier molecular flexibility index (Phi) is 4.69. The van der Waals surface area contributed by atoms with Gasteiger partial charge in [0.15, 0.2) is 0 Å². The Bertz CT molecular complexity index is 245. The molecule has 1 aliphatic rings. The van der Waals surface area contributed by atoms with Crippen molar-refractivity contribution < 1.29 is 0 Å². The Morgan fingerprint density at radius 2 is 2.40 bits per heavy atom. The Labute approximate surface area is 93.0 Å². The SMILES string of the molecule is C=CC1=C(N(C)C(C)CCN)NCCC1. The monoisotopic (exact) mass is 209 g/mol. The third-order valence-electron chi connectivity index (χ3n) is 3.06. The van der Waals surface area contributed by atoms with Crippen LogP contribution in [0.5, 0.6) is 0 Å². The molecule has 0 bridgehead atoms. The van der Waals surface area contributed by atoms with E-state index in [1.54, 1.807) is 0 Å². The predicted molar refractivity (Wildman–Crippen MR) is 65.4 cm³/mol. The first-order valence-electron chi connectivity index (χ1n) is 5.73. The van der Waals surface area contributed by atoms with E-state index < -0.39 is 0 Å². The molecule has 0 saturated heterocycles. The fourth-order valence-corrected chi connectivity index (χ4v) is 1.92. The molecule has 0 aromatic carbocycles. The van der Waals surface area contributed by atoms with Gasteiger partial charge in [0.25, 0.3) is 0 Å². The highest BCUT2D eigenvalue weighted by molar-refractivity contribution is 5.24. The molecule has 3 heteroatoms. The molecule has 0 saturated carbocycles. The molecule has 0 fully saturated rings. The Balaban J connectivity index is 2.74. The van der Waals surface area contributed by atoms with E-state index in [9.17, 15) is 0 Å². The van der Waals surface area contributed by atoms with E-state index in [0.717, 1.165) is 25.9 Å². The van der Waals surface area contributed by atoms with Crippen LogP contribution in [0.25, 0.3) is 0 Å². The Morgan fingerprint density at radius 1 is 1.67 bits per heavy atom. The average Bonchev–Trinajstić information content (AvgIpc) is 2.28. The second-order valence-corrected chi connectivity index (χ2v) is 4.15. The van der Waals surface area contributed by atoms with Crippen LogP contribution >= 0.6 is 0 Å². The Hall–Kier alpha value is -0.960. The van der Waals surface area contributed by atoms with Crippen molar-refractivity contribution in [3.05, 3.63) is 24.0 Å². The van der Waals surface area contributed by atoms with Crippen molar-refractivity contribution in [2.24, 2.45) is 5.73 Å². The second kappa shape index (κ2) is 5.81. The van der Waals surface area contributed by atoms with Gasteiger partial charge in [0.2, 0.25) is 0 Å². The van der Waals surface area contributed by atoms with Gasteiger partial charge in [0.1, 0.15) is 5.82 Å². The van der Waals surface area contributed by atoms with Gasteiger partial charge in [-0.25, -0.2) is 0 Å². The largest absolute Gasteiger partial charge is 0.372 e. The second-order valence-electron chi connectivity index (χ2n) is 4.15. The van der Waals surface area contributed by atoms with E-state index in [1.807, 2.05) is 6.08 Å². The van der Waals surface area contributed by atoms with Gasteiger partial charge < -0.3 is 16.0 Å². The molecule has 0 spiro atoms. The lowest BCUT2D eigenvalue weighted by Crippen LogP contribution is -2.39. The fraction of sp³-hybridized carbons (Fsp3) is 0.667. The topological polar surface area (TPSA) is 41.3 Å². The zero-order valence-corrected chi connectivity index (χ0v) is 9.92. The zero-order chi connectivity index (χ0) is 11.3. The van der Waals surface area contributed by atoms with Crippen LogP contribution in [-0.2, 0) is 0 Å². The summed E-state index contributed by atoms with van der Waals surface area (Å²) in [4.78, 5) is 2.28. The van der Waals surface area contributed by atoms with Crippen molar-refractivity contribution in [1.82, 2.24) is 10.2 Å². The lowest BCUT2D eigenvalue weighted by atomic mass is 10.1. The molecule has 1 heterocycles. The molecule has 3 nitrogen and oxygen atoms in total. The van der Waals surface area contributed by atoms with Crippen LogP contribution in [0.1, 0.15) is 26.2 Å². The van der Waals surface area contributed by atoms with E-state index in [1.165, 1.54) is 17.8 Å². The van der Waals surface area contributed by atoms with Crippen molar-refractivity contribution in [2.45, 2.75) is 32.2 Å². The molecule has 0 aromatic rings. The van der Waals surface area contributed by atoms with Crippen molar-refractivity contribution in [3.8, 4) is 0 Å². The van der Waals surface area contributed by atoms with Gasteiger partial charge >= 0.3 is 0 Å². The summed E-state index contributed by atoms with van der Waals surface area (Å²) in [6.07, 6.45) is 5.31. The molecule has 1 aliphatic heterocycles. The van der Waals surface area contributed by atoms with E-state index in [0.29, 0.717) is 6.04 Å². The predicted octanol–water partition coefficient (Wildman–Crippen LogP) is 1.44. The maximum atomic E-state index is 5.58. The minimum absolute atomic E-state index is 0.477. The minimum atomic E-state index is 0.477. The molecule has 3 N–H and O–H groups in total. The van der Waals surface area contributed by atoms with E-state index in [4.69, 9.17) is 5.73 Å². The van der Waals surface area contributed by atoms with Crippen LogP contribution in [-0.4, -0.2) is 31.1 Å². The standard InChI is InChI=1S/C12H23N3/c1-4-11-6-5-9-14-12(11)15(3)10(2)7-8-13/h4,10,14H,1,5-9,13H2,2-3H3. The summed E-state index contributed by atoms with van der Waals surface area (Å²) in [7, 11) is 2.12. The van der Waals surface area contributed by atoms with Crippen LogP contribution in [0, 0.1) is 0 Å². The minimum Gasteiger partial charge on any atom is -0.372 e. The quantitative estimate of drug-likeness (QED) is 0.720. The number of rotatable bonds is 5. The smallest absolute Gasteiger partial charge is 0.104 e. The highest BCUT2D eigenvalue weighted by Crippen LogP contribution is 2.19. The lowest BCUT2D eigenvalue weighted by molar-refractivity contribution is 0.281. The number of nitrogens with one attached hydrogen (secondary N) is 1. The highest BCUT2D eigenvalue weighted by atomic mass is 15.2. The van der Waals surface area contributed by atoms with E-state index >= 15 is 0 Å². The molecule has 15 heavy (non-hydrogen) atoms. The molecule has 0 amide bonds. The van der Waals surface area contributed by atoms with Gasteiger partial charge in [-0.2, -0.15) is 0 Å². The maximum absolute atomic E-state index is 5.58. The van der Waals surface area contributed by atoms with Gasteiger partial charge in [-0.15, -0.1) is 0 Å². The van der Waals surface area contributed by atoms with Gasteiger partial charge in [-0.1, -0.05) is 12.7 Å². The fourth-order valence-electron chi connectivity index (χ4n) is 1.92. The summed E-state index contributed by atoms with van der Waals surface area (Å²) in [5.41, 5.74) is 6.91. The molecule has 0 radical (unpaired) electrons. The van der Waals surface area contributed by atoms with Crippen molar-refractivity contribution in [2.75, 3.05) is 20.1 Å². The van der Waals surface area contributed by atoms with Crippen LogP contribution in [0.4, 0.5) is 0 Å². The first-order valence-corrected chi connectivity index (χ1v) is 5.73. The number of allylic oxidation sites excluding steroid dienone is 2. The Morgan fingerprint density at radius 3 is 3.00 bits per heavy atom. The van der Waals surface area contributed by atoms with Gasteiger partial charge in [-0.05, 0) is 38.3 Å². The first kappa shape index (κ1) is 12.1. The highest BCUT2D eigenvalue weighted by Gasteiger charge is 2.17. The molecule has 86 valence electrons. The van der Waals surface area contributed by atoms with Gasteiger partial charge in [0, 0.05) is 19.6 Å². The van der Waals surface area contributed by atoms with Crippen molar-refractivity contribution in [1.29, 1.82) is 0 Å². The molecular formula is C12H23N3. The maximum Gasteiger partial charge on any atom is 0.104 e. The summed E-state index contributed by atoms with van der Waals surface area (Å²) in [6, 6.07) is 0.477. The lowest BCUT2D eigenvalue weighted by Gasteiger charge is -2.33. The number of nitrogens with zero attached hydrogens (tertiary/aromatic N) is 1. The van der Waals surface area contributed by atoms with Crippen LogP contribution in [0.2, 0.25) is 0 Å². The molecule has 0 aromatic heterocycles. The zero-order valence-electron chi connectivity index (χ0n) is 9.92. The van der Waals surface area contributed by atoms with Crippen molar-refractivity contribution in [3.63, 3.8) is 0 Å². The average molecular weight is 209 g/mol. The molecule has 1 unspecified atom stereocenters. The number of hydrogen-bond donors (Lipinski definition) is 2. The normalized spacial score (nSPS) is 18.3. The van der Waals surface area contributed by atoms with Crippen LogP contribution in [0.15, 0.2) is 24.0 Å². The third-order valence-corrected chi connectivity index (χ3v) is 3.06. The summed E-state index contributed by atoms with van der Waals surface area (Å²) >= 11 is 0. The summed E-state index contributed by atoms with van der Waals surface area (Å²) in [5.74, 6) is 1.23. The van der Waals surface area contributed by atoms with Crippen molar-refractivity contribution >= 4 is 0 Å². The molecular weight excluding hydrogens is 186 g/mol. The molecule has 1 rings (SSSR count). The molecule has 0 aliphatic carbocycles. The van der Waals surface area contributed by atoms with Gasteiger partial charge in [-0.3, -0.25) is 0 Å². The summed E-state index contributed by atoms with van der Waals surface area (Å²) in [5, 5.41) is 3.45. The summed E-state index contributed by atoms with van der Waals surface area (Å²) < 4.78 is 0. The van der Waals surface area contributed by atoms with E-state index in [2.05, 4.69) is 30.8 Å². The van der Waals surface area contributed by atoms with E-state index in [-0.39, 0.29) is 0 Å². The third kappa shape index (κ3) is 2.99.